The molecule has 0 saturated carbocycles. The van der Waals surface area contributed by atoms with E-state index in [1.165, 1.54) is 0 Å². The van der Waals surface area contributed by atoms with Crippen molar-refractivity contribution in [1.82, 2.24) is 14.7 Å². The third kappa shape index (κ3) is 3.85. The number of rotatable bonds is 4. The Morgan fingerprint density at radius 3 is 1.73 bits per heavy atom. The van der Waals surface area contributed by atoms with E-state index >= 15 is 8.78 Å². The lowest BCUT2D eigenvalue weighted by molar-refractivity contribution is -0.167. The normalized spacial score (nSPS) is 17.4. The van der Waals surface area contributed by atoms with E-state index in [0.717, 1.165) is 28.2 Å². The van der Waals surface area contributed by atoms with E-state index in [2.05, 4.69) is 0 Å². The van der Waals surface area contributed by atoms with Gasteiger partial charge in [0, 0.05) is 28.2 Å². The fourth-order valence-electron chi connectivity index (χ4n) is 3.14. The predicted molar refractivity (Wildman–Crippen MR) is 92.3 cm³/mol. The molecule has 1 aromatic carbocycles. The topological polar surface area (TPSA) is 78.0 Å². The zero-order valence-corrected chi connectivity index (χ0v) is 16.3. The monoisotopic (exact) mass is 435 g/mol. The SMILES string of the molecule is CN(C)C(=O)C(F)(F)C(c1ccc(C(F)(F)F)cc1)C1C(=O)N(C)C(=O)N(C)C1=O. The molecule has 164 valence electrons. The molecular weight excluding hydrogens is 417 g/mol. The van der Waals surface area contributed by atoms with Crippen molar-refractivity contribution in [2.45, 2.75) is 18.0 Å². The largest absolute Gasteiger partial charge is 0.416 e. The molecular formula is C18H18F5N3O4. The zero-order chi connectivity index (χ0) is 23.2. The molecule has 0 bridgehead atoms. The molecule has 1 aromatic rings. The maximum atomic E-state index is 15.2. The number of halogens is 5. The Balaban J connectivity index is 2.68. The van der Waals surface area contributed by atoms with Crippen molar-refractivity contribution in [3.63, 3.8) is 0 Å². The van der Waals surface area contributed by atoms with Crippen molar-refractivity contribution in [3.05, 3.63) is 35.4 Å². The second-order valence-electron chi connectivity index (χ2n) is 6.97. The molecule has 1 heterocycles. The minimum atomic E-state index is -4.75. The summed E-state index contributed by atoms with van der Waals surface area (Å²) >= 11 is 0. The van der Waals surface area contributed by atoms with Gasteiger partial charge in [-0.05, 0) is 17.7 Å². The Morgan fingerprint density at radius 2 is 1.37 bits per heavy atom. The fraction of sp³-hybridized carbons (Fsp3) is 0.444. The Bertz CT molecular complexity index is 859. The molecule has 1 aliphatic heterocycles. The van der Waals surface area contributed by atoms with Crippen molar-refractivity contribution >= 4 is 23.8 Å². The number of barbiturate groups is 1. The van der Waals surface area contributed by atoms with Crippen molar-refractivity contribution < 1.29 is 41.1 Å². The summed E-state index contributed by atoms with van der Waals surface area (Å²) in [5, 5.41) is 0. The average Bonchev–Trinajstić information content (AvgIpc) is 2.66. The van der Waals surface area contributed by atoms with Gasteiger partial charge in [0.15, 0.2) is 0 Å². The molecule has 7 nitrogen and oxygen atoms in total. The van der Waals surface area contributed by atoms with Crippen molar-refractivity contribution in [1.29, 1.82) is 0 Å². The second kappa shape index (κ2) is 7.65. The molecule has 0 N–H and O–H groups in total. The van der Waals surface area contributed by atoms with Gasteiger partial charge in [-0.3, -0.25) is 24.2 Å². The first kappa shape index (κ1) is 23.2. The van der Waals surface area contributed by atoms with Crippen LogP contribution in [0.5, 0.6) is 0 Å². The smallest absolute Gasteiger partial charge is 0.344 e. The summed E-state index contributed by atoms with van der Waals surface area (Å²) in [5.74, 6) is -13.3. The van der Waals surface area contributed by atoms with E-state index in [0.29, 0.717) is 39.0 Å². The van der Waals surface area contributed by atoms with E-state index in [1.807, 2.05) is 0 Å². The summed E-state index contributed by atoms with van der Waals surface area (Å²) in [4.78, 5) is 50.7. The summed E-state index contributed by atoms with van der Waals surface area (Å²) in [6.45, 7) is 0. The summed E-state index contributed by atoms with van der Waals surface area (Å²) in [6, 6.07) is 1.32. The average molecular weight is 435 g/mol. The number of alkyl halides is 5. The predicted octanol–water partition coefficient (Wildman–Crippen LogP) is 2.18. The van der Waals surface area contributed by atoms with E-state index < -0.39 is 58.8 Å². The first-order valence-corrected chi connectivity index (χ1v) is 8.48. The Hall–Kier alpha value is -3.05. The molecule has 5 amide bonds. The molecule has 0 radical (unpaired) electrons. The van der Waals surface area contributed by atoms with Crippen molar-refractivity contribution in [2.75, 3.05) is 28.2 Å². The van der Waals surface area contributed by atoms with Crippen LogP contribution in [-0.4, -0.2) is 72.6 Å². The van der Waals surface area contributed by atoms with Gasteiger partial charge in [-0.15, -0.1) is 0 Å². The number of nitrogens with zero attached hydrogens (tertiary/aromatic N) is 3. The third-order valence-electron chi connectivity index (χ3n) is 4.78. The van der Waals surface area contributed by atoms with Crippen LogP contribution in [0.3, 0.4) is 0 Å². The number of hydrogen-bond donors (Lipinski definition) is 0. The van der Waals surface area contributed by atoms with E-state index in [4.69, 9.17) is 0 Å². The molecule has 1 aliphatic rings. The number of carbonyl (C=O) groups is 4. The van der Waals surface area contributed by atoms with E-state index in [9.17, 15) is 32.3 Å². The quantitative estimate of drug-likeness (QED) is 0.537. The van der Waals surface area contributed by atoms with Crippen LogP contribution in [0.25, 0.3) is 0 Å². The molecule has 0 aromatic heterocycles. The minimum Gasteiger partial charge on any atom is -0.344 e. The molecule has 12 heteroatoms. The molecule has 1 atom stereocenters. The van der Waals surface area contributed by atoms with Gasteiger partial charge in [0.25, 0.3) is 5.91 Å². The highest BCUT2D eigenvalue weighted by atomic mass is 19.4. The highest BCUT2D eigenvalue weighted by Crippen LogP contribution is 2.43. The molecule has 1 unspecified atom stereocenters. The zero-order valence-electron chi connectivity index (χ0n) is 16.3. The summed E-state index contributed by atoms with van der Waals surface area (Å²) < 4.78 is 68.9. The Kier molecular flexibility index (Phi) is 5.92. The summed E-state index contributed by atoms with van der Waals surface area (Å²) in [7, 11) is 3.98. The first-order valence-electron chi connectivity index (χ1n) is 8.48. The van der Waals surface area contributed by atoms with Crippen LogP contribution in [0.4, 0.5) is 26.7 Å². The molecule has 2 rings (SSSR count). The highest BCUT2D eigenvalue weighted by molar-refractivity contribution is 6.16. The first-order chi connectivity index (χ1) is 13.6. The van der Waals surface area contributed by atoms with Crippen molar-refractivity contribution in [3.8, 4) is 0 Å². The molecule has 30 heavy (non-hydrogen) atoms. The van der Waals surface area contributed by atoms with Gasteiger partial charge in [0.2, 0.25) is 11.8 Å². The van der Waals surface area contributed by atoms with Gasteiger partial charge >= 0.3 is 18.1 Å². The van der Waals surface area contributed by atoms with Crippen LogP contribution >= 0.6 is 0 Å². The highest BCUT2D eigenvalue weighted by Gasteiger charge is 2.59. The van der Waals surface area contributed by atoms with Crippen LogP contribution in [0.1, 0.15) is 17.0 Å². The van der Waals surface area contributed by atoms with Crippen molar-refractivity contribution in [2.24, 2.45) is 5.92 Å². The molecule has 0 aliphatic carbocycles. The summed E-state index contributed by atoms with van der Waals surface area (Å²) in [6.07, 6.45) is -4.75. The van der Waals surface area contributed by atoms with Gasteiger partial charge in [-0.25, -0.2) is 4.79 Å². The lowest BCUT2D eigenvalue weighted by Crippen LogP contribution is -2.61. The number of hydrogen-bond acceptors (Lipinski definition) is 4. The number of urea groups is 1. The van der Waals surface area contributed by atoms with E-state index in [1.54, 1.807) is 0 Å². The lowest BCUT2D eigenvalue weighted by Gasteiger charge is -2.39. The van der Waals surface area contributed by atoms with Crippen LogP contribution in [0, 0.1) is 5.92 Å². The number of amides is 5. The standard InChI is InChI=1S/C18H18F5N3O4/c1-24(2)15(29)17(19,20)12(9-5-7-10(8-6-9)18(21,22)23)11-13(27)25(3)16(30)26(4)14(11)28/h5-8,11-12H,1-4H3. The Labute approximate surface area is 168 Å². The van der Waals surface area contributed by atoms with Crippen LogP contribution < -0.4 is 0 Å². The van der Waals surface area contributed by atoms with Gasteiger partial charge in [0.05, 0.1) is 11.5 Å². The van der Waals surface area contributed by atoms with E-state index in [-0.39, 0.29) is 0 Å². The van der Waals surface area contributed by atoms with Gasteiger partial charge in [-0.1, -0.05) is 12.1 Å². The maximum Gasteiger partial charge on any atom is 0.416 e. The maximum absolute atomic E-state index is 15.2. The summed E-state index contributed by atoms with van der Waals surface area (Å²) in [5.41, 5.74) is -1.68. The minimum absolute atomic E-state index is 0.444. The molecule has 0 spiro atoms. The van der Waals surface area contributed by atoms with Crippen LogP contribution in [0.15, 0.2) is 24.3 Å². The van der Waals surface area contributed by atoms with Crippen LogP contribution in [-0.2, 0) is 20.6 Å². The van der Waals surface area contributed by atoms with Crippen LogP contribution in [0.2, 0.25) is 0 Å². The Morgan fingerprint density at radius 1 is 0.933 bits per heavy atom. The number of imide groups is 2. The number of benzene rings is 1. The third-order valence-corrected chi connectivity index (χ3v) is 4.78. The second-order valence-corrected chi connectivity index (χ2v) is 6.97. The van der Waals surface area contributed by atoms with Gasteiger partial charge in [-0.2, -0.15) is 22.0 Å². The van der Waals surface area contributed by atoms with Gasteiger partial charge < -0.3 is 4.90 Å². The molecule has 1 fully saturated rings. The fourth-order valence-corrected chi connectivity index (χ4v) is 3.14. The lowest BCUT2D eigenvalue weighted by atomic mass is 9.78. The number of carbonyl (C=O) groups excluding carboxylic acids is 4. The van der Waals surface area contributed by atoms with Gasteiger partial charge in [0.1, 0.15) is 5.92 Å². The molecule has 1 saturated heterocycles.